The van der Waals surface area contributed by atoms with E-state index in [4.69, 9.17) is 14.2 Å². The van der Waals surface area contributed by atoms with Crippen molar-refractivity contribution in [3.8, 4) is 0 Å². The number of unbranched alkanes of at least 4 members (excludes halogenated alkanes) is 40. The molecule has 0 aliphatic rings. The molecule has 0 bridgehead atoms. The largest absolute Gasteiger partial charge is 0.462 e. The zero-order valence-electron chi connectivity index (χ0n) is 44.5. The summed E-state index contributed by atoms with van der Waals surface area (Å²) in [4.78, 5) is 38.1. The molecule has 6 heteroatoms. The molecule has 0 amide bonds. The SMILES string of the molecule is CCCCCCCCCCCCCCCCCCCCCC(=O)OC[C@@H](COC(=O)CCCCCCCCCCCCCCCCCC)OC(=O)CCCCCCCCCCC(C)CC. The van der Waals surface area contributed by atoms with E-state index in [1.807, 2.05) is 0 Å². The average molecular weight is 920 g/mol. The first-order valence-corrected chi connectivity index (χ1v) is 29.4. The predicted molar refractivity (Wildman–Crippen MR) is 280 cm³/mol. The molecule has 0 radical (unpaired) electrons. The van der Waals surface area contributed by atoms with Gasteiger partial charge in [0.25, 0.3) is 0 Å². The topological polar surface area (TPSA) is 78.9 Å². The fraction of sp³-hybridized carbons (Fsp3) is 0.949. The van der Waals surface area contributed by atoms with Crippen molar-refractivity contribution in [1.82, 2.24) is 0 Å². The molecule has 2 atom stereocenters. The summed E-state index contributed by atoms with van der Waals surface area (Å²) >= 11 is 0. The number of carbonyl (C=O) groups is 3. The highest BCUT2D eigenvalue weighted by Crippen LogP contribution is 2.18. The Hall–Kier alpha value is -1.59. The van der Waals surface area contributed by atoms with Crippen LogP contribution in [0, 0.1) is 5.92 Å². The summed E-state index contributed by atoms with van der Waals surface area (Å²) in [5.41, 5.74) is 0. The van der Waals surface area contributed by atoms with Gasteiger partial charge in [0.1, 0.15) is 13.2 Å². The summed E-state index contributed by atoms with van der Waals surface area (Å²) < 4.78 is 16.9. The van der Waals surface area contributed by atoms with Crippen molar-refractivity contribution >= 4 is 17.9 Å². The fourth-order valence-electron chi connectivity index (χ4n) is 9.07. The van der Waals surface area contributed by atoms with Crippen LogP contribution in [0.4, 0.5) is 0 Å². The van der Waals surface area contributed by atoms with Crippen LogP contribution in [0.3, 0.4) is 0 Å². The molecule has 0 saturated heterocycles. The number of carbonyl (C=O) groups excluding carboxylic acids is 3. The lowest BCUT2D eigenvalue weighted by Gasteiger charge is -2.18. The van der Waals surface area contributed by atoms with Crippen molar-refractivity contribution in [2.45, 2.75) is 342 Å². The molecule has 0 spiro atoms. The number of ether oxygens (including phenoxy) is 3. The predicted octanol–water partition coefficient (Wildman–Crippen LogP) is 19.4. The molecule has 65 heavy (non-hydrogen) atoms. The van der Waals surface area contributed by atoms with Gasteiger partial charge >= 0.3 is 17.9 Å². The highest BCUT2D eigenvalue weighted by atomic mass is 16.6. The van der Waals surface area contributed by atoms with E-state index in [-0.39, 0.29) is 31.1 Å². The van der Waals surface area contributed by atoms with Crippen LogP contribution in [-0.2, 0) is 28.6 Å². The Balaban J connectivity index is 4.25. The Morgan fingerprint density at radius 3 is 0.800 bits per heavy atom. The van der Waals surface area contributed by atoms with Gasteiger partial charge in [0, 0.05) is 19.3 Å². The highest BCUT2D eigenvalue weighted by molar-refractivity contribution is 5.71. The molecule has 0 heterocycles. The molecule has 0 saturated carbocycles. The second-order valence-corrected chi connectivity index (χ2v) is 20.5. The first kappa shape index (κ1) is 63.4. The van der Waals surface area contributed by atoms with Crippen molar-refractivity contribution in [3.05, 3.63) is 0 Å². The normalized spacial score (nSPS) is 12.4. The van der Waals surface area contributed by atoms with Gasteiger partial charge < -0.3 is 14.2 Å². The molecule has 0 aliphatic carbocycles. The molecule has 0 N–H and O–H groups in total. The van der Waals surface area contributed by atoms with E-state index in [1.54, 1.807) is 0 Å². The minimum atomic E-state index is -0.762. The van der Waals surface area contributed by atoms with E-state index < -0.39 is 6.10 Å². The van der Waals surface area contributed by atoms with Crippen molar-refractivity contribution in [2.75, 3.05) is 13.2 Å². The van der Waals surface area contributed by atoms with Crippen LogP contribution in [-0.4, -0.2) is 37.2 Å². The lowest BCUT2D eigenvalue weighted by molar-refractivity contribution is -0.167. The van der Waals surface area contributed by atoms with Crippen LogP contribution in [0.2, 0.25) is 0 Å². The minimum Gasteiger partial charge on any atom is -0.462 e. The third-order valence-corrected chi connectivity index (χ3v) is 13.9. The quantitative estimate of drug-likeness (QED) is 0.0344. The number of hydrogen-bond donors (Lipinski definition) is 0. The Labute approximate surface area is 406 Å². The fourth-order valence-corrected chi connectivity index (χ4v) is 9.07. The molecule has 386 valence electrons. The maximum atomic E-state index is 12.8. The van der Waals surface area contributed by atoms with E-state index in [2.05, 4.69) is 27.7 Å². The molecule has 0 aromatic heterocycles. The van der Waals surface area contributed by atoms with Gasteiger partial charge in [-0.15, -0.1) is 0 Å². The van der Waals surface area contributed by atoms with Crippen LogP contribution in [0.1, 0.15) is 336 Å². The second-order valence-electron chi connectivity index (χ2n) is 20.5. The smallest absolute Gasteiger partial charge is 0.306 e. The summed E-state index contributed by atoms with van der Waals surface area (Å²) in [6, 6.07) is 0. The average Bonchev–Trinajstić information content (AvgIpc) is 3.30. The van der Waals surface area contributed by atoms with E-state index in [1.165, 1.54) is 231 Å². The minimum absolute atomic E-state index is 0.0624. The molecule has 0 rings (SSSR count). The Morgan fingerprint density at radius 1 is 0.308 bits per heavy atom. The zero-order chi connectivity index (χ0) is 47.4. The summed E-state index contributed by atoms with van der Waals surface area (Å²) in [6.07, 6.45) is 58.1. The maximum absolute atomic E-state index is 12.8. The van der Waals surface area contributed by atoms with Gasteiger partial charge in [-0.25, -0.2) is 0 Å². The first-order chi connectivity index (χ1) is 31.9. The summed E-state index contributed by atoms with van der Waals surface area (Å²) in [5.74, 6) is 0.00745. The van der Waals surface area contributed by atoms with Gasteiger partial charge in [-0.3, -0.25) is 14.4 Å². The third-order valence-electron chi connectivity index (χ3n) is 13.9. The molecule has 0 aliphatic heterocycles. The van der Waals surface area contributed by atoms with Crippen LogP contribution in [0.15, 0.2) is 0 Å². The highest BCUT2D eigenvalue weighted by Gasteiger charge is 2.19. The lowest BCUT2D eigenvalue weighted by Crippen LogP contribution is -2.30. The van der Waals surface area contributed by atoms with Crippen LogP contribution >= 0.6 is 0 Å². The van der Waals surface area contributed by atoms with Crippen LogP contribution < -0.4 is 0 Å². The van der Waals surface area contributed by atoms with Crippen molar-refractivity contribution in [2.24, 2.45) is 5.92 Å². The van der Waals surface area contributed by atoms with E-state index in [0.29, 0.717) is 19.3 Å². The van der Waals surface area contributed by atoms with Gasteiger partial charge in [0.05, 0.1) is 0 Å². The monoisotopic (exact) mass is 919 g/mol. The molecule has 0 aromatic carbocycles. The molecule has 6 nitrogen and oxygen atoms in total. The van der Waals surface area contributed by atoms with Gasteiger partial charge in [0.15, 0.2) is 6.10 Å². The second kappa shape index (κ2) is 53.4. The maximum Gasteiger partial charge on any atom is 0.306 e. The standard InChI is InChI=1S/C59H114O6/c1-5-8-10-12-14-16-18-20-22-24-25-26-28-30-32-34-39-43-47-51-58(61)64-54-56(65-59(62)52-48-44-40-36-35-37-41-45-49-55(4)7-3)53-63-57(60)50-46-42-38-33-31-29-27-23-21-19-17-15-13-11-9-6-2/h55-56H,5-54H2,1-4H3/t55?,56-/m1/s1. The van der Waals surface area contributed by atoms with E-state index in [9.17, 15) is 14.4 Å². The first-order valence-electron chi connectivity index (χ1n) is 29.4. The molecule has 0 fully saturated rings. The summed E-state index contributed by atoms with van der Waals surface area (Å²) in [7, 11) is 0. The van der Waals surface area contributed by atoms with Crippen molar-refractivity contribution in [1.29, 1.82) is 0 Å². The van der Waals surface area contributed by atoms with Crippen molar-refractivity contribution in [3.63, 3.8) is 0 Å². The van der Waals surface area contributed by atoms with Gasteiger partial charge in [-0.1, -0.05) is 297 Å². The number of hydrogen-bond acceptors (Lipinski definition) is 6. The van der Waals surface area contributed by atoms with Gasteiger partial charge in [-0.05, 0) is 25.2 Å². The molecule has 1 unspecified atom stereocenters. The van der Waals surface area contributed by atoms with Gasteiger partial charge in [0.2, 0.25) is 0 Å². The number of rotatable bonds is 54. The van der Waals surface area contributed by atoms with E-state index >= 15 is 0 Å². The molecular formula is C59H114O6. The Bertz CT molecular complexity index is 982. The Kier molecular flexibility index (Phi) is 52.1. The summed E-state index contributed by atoms with van der Waals surface area (Å²) in [6.45, 7) is 9.06. The van der Waals surface area contributed by atoms with Crippen LogP contribution in [0.25, 0.3) is 0 Å². The lowest BCUT2D eigenvalue weighted by atomic mass is 9.99. The summed E-state index contributed by atoms with van der Waals surface area (Å²) in [5, 5.41) is 0. The molecular weight excluding hydrogens is 805 g/mol. The van der Waals surface area contributed by atoms with Crippen LogP contribution in [0.5, 0.6) is 0 Å². The zero-order valence-corrected chi connectivity index (χ0v) is 44.5. The van der Waals surface area contributed by atoms with E-state index in [0.717, 1.165) is 63.7 Å². The number of esters is 3. The Morgan fingerprint density at radius 2 is 0.538 bits per heavy atom. The van der Waals surface area contributed by atoms with Gasteiger partial charge in [-0.2, -0.15) is 0 Å². The van der Waals surface area contributed by atoms with Crippen molar-refractivity contribution < 1.29 is 28.6 Å². The molecule has 0 aromatic rings. The third kappa shape index (κ3) is 51.6.